The van der Waals surface area contributed by atoms with Gasteiger partial charge in [-0.2, -0.15) is 9.40 Å². The monoisotopic (exact) mass is 383 g/mol. The lowest BCUT2D eigenvalue weighted by Crippen LogP contribution is -2.49. The first-order valence-corrected chi connectivity index (χ1v) is 10.8. The first kappa shape index (κ1) is 17.1. The van der Waals surface area contributed by atoms with Crippen molar-refractivity contribution < 1.29 is 13.5 Å². The molecule has 3 atom stereocenters. The maximum Gasteiger partial charge on any atom is 0.211 e. The summed E-state index contributed by atoms with van der Waals surface area (Å²) in [6.45, 7) is 4.77. The number of aryl methyl sites for hydroxylation is 2. The molecule has 0 radical (unpaired) electrons. The Bertz CT molecular complexity index is 958. The van der Waals surface area contributed by atoms with Crippen LogP contribution in [0.25, 0.3) is 10.2 Å². The number of nitrogens with two attached hydrogens (primary N) is 1. The summed E-state index contributed by atoms with van der Waals surface area (Å²) >= 11 is 1.35. The van der Waals surface area contributed by atoms with E-state index in [4.69, 9.17) is 5.73 Å². The zero-order chi connectivity index (χ0) is 18.1. The molecule has 3 N–H and O–H groups in total. The summed E-state index contributed by atoms with van der Waals surface area (Å²) in [5.41, 5.74) is 8.67. The fourth-order valence-corrected chi connectivity index (χ4v) is 6.21. The van der Waals surface area contributed by atoms with Gasteiger partial charge in [0, 0.05) is 30.6 Å². The van der Waals surface area contributed by atoms with E-state index in [0.717, 1.165) is 27.9 Å². The summed E-state index contributed by atoms with van der Waals surface area (Å²) in [5, 5.41) is 20.1. The molecule has 4 heterocycles. The first-order valence-electron chi connectivity index (χ1n) is 8.11. The third kappa shape index (κ3) is 2.55. The Balaban J connectivity index is 1.66. The van der Waals surface area contributed by atoms with Crippen LogP contribution >= 0.6 is 11.3 Å². The molecule has 0 spiro atoms. The lowest BCUT2D eigenvalue weighted by molar-refractivity contribution is -0.0195. The van der Waals surface area contributed by atoms with Gasteiger partial charge < -0.3 is 10.8 Å². The number of likely N-dealkylation sites (tertiary alicyclic amines) is 1. The van der Waals surface area contributed by atoms with Gasteiger partial charge in [-0.3, -0.25) is 4.90 Å². The Morgan fingerprint density at radius 1 is 1.28 bits per heavy atom. The van der Waals surface area contributed by atoms with Crippen molar-refractivity contribution in [1.29, 1.82) is 0 Å². The second-order valence-electron chi connectivity index (χ2n) is 6.92. The van der Waals surface area contributed by atoms with Crippen molar-refractivity contribution in [2.45, 2.75) is 38.6 Å². The highest BCUT2D eigenvalue weighted by molar-refractivity contribution is 7.88. The van der Waals surface area contributed by atoms with E-state index in [0.29, 0.717) is 23.7 Å². The van der Waals surface area contributed by atoms with E-state index in [9.17, 15) is 13.5 Å². The zero-order valence-corrected chi connectivity index (χ0v) is 15.9. The van der Waals surface area contributed by atoms with Crippen LogP contribution in [0, 0.1) is 13.8 Å². The molecule has 2 fully saturated rings. The van der Waals surface area contributed by atoms with Gasteiger partial charge in [-0.15, -0.1) is 16.4 Å². The number of aliphatic hydroxyl groups is 1. The summed E-state index contributed by atoms with van der Waals surface area (Å²) in [6, 6.07) is -0.0673. The van der Waals surface area contributed by atoms with Gasteiger partial charge in [0.2, 0.25) is 10.0 Å². The van der Waals surface area contributed by atoms with Crippen molar-refractivity contribution in [3.63, 3.8) is 0 Å². The minimum atomic E-state index is -3.20. The average molecular weight is 383 g/mol. The molecule has 25 heavy (non-hydrogen) atoms. The van der Waals surface area contributed by atoms with Crippen LogP contribution in [0.2, 0.25) is 0 Å². The van der Waals surface area contributed by atoms with Crippen LogP contribution in [0.3, 0.4) is 0 Å². The van der Waals surface area contributed by atoms with E-state index < -0.39 is 16.3 Å². The molecule has 2 aromatic rings. The number of aromatic nitrogens is 2. The molecule has 1 unspecified atom stereocenters. The van der Waals surface area contributed by atoms with Crippen LogP contribution in [0.5, 0.6) is 0 Å². The molecule has 0 aliphatic carbocycles. The number of rotatable bonds is 3. The fraction of sp³-hybridized carbons (Fsp3) is 0.600. The van der Waals surface area contributed by atoms with Gasteiger partial charge in [0.15, 0.2) is 0 Å². The topological polar surface area (TPSA) is 113 Å². The quantitative estimate of drug-likeness (QED) is 0.798. The maximum atomic E-state index is 11.8. The number of hydrogen-bond donors (Lipinski definition) is 2. The zero-order valence-electron chi connectivity index (χ0n) is 14.3. The minimum Gasteiger partial charge on any atom is -0.397 e. The highest BCUT2D eigenvalue weighted by Gasteiger charge is 2.49. The number of piperazine rings is 1. The van der Waals surface area contributed by atoms with Crippen LogP contribution in [0.15, 0.2) is 0 Å². The van der Waals surface area contributed by atoms with Crippen molar-refractivity contribution >= 4 is 37.3 Å². The lowest BCUT2D eigenvalue weighted by Gasteiger charge is -2.35. The lowest BCUT2D eigenvalue weighted by atomic mass is 10.1. The molecule has 10 heteroatoms. The third-order valence-electron chi connectivity index (χ3n) is 5.37. The largest absolute Gasteiger partial charge is 0.397 e. The molecule has 8 nitrogen and oxygen atoms in total. The van der Waals surface area contributed by atoms with E-state index in [1.807, 2.05) is 18.7 Å². The van der Waals surface area contributed by atoms with E-state index >= 15 is 0 Å². The Morgan fingerprint density at radius 2 is 2.00 bits per heavy atom. The number of thiophene rings is 1. The van der Waals surface area contributed by atoms with Crippen molar-refractivity contribution in [2.24, 2.45) is 0 Å². The molecular weight excluding hydrogens is 362 g/mol. The van der Waals surface area contributed by atoms with Gasteiger partial charge in [0.1, 0.15) is 11.1 Å². The molecule has 0 saturated carbocycles. The average Bonchev–Trinajstić information content (AvgIpc) is 3.22. The summed E-state index contributed by atoms with van der Waals surface area (Å²) in [6.07, 6.45) is 1.13. The van der Waals surface area contributed by atoms with Crippen molar-refractivity contribution in [1.82, 2.24) is 19.4 Å². The molecule has 2 bridgehead atoms. The first-order chi connectivity index (χ1) is 11.7. The van der Waals surface area contributed by atoms with Gasteiger partial charge in [-0.05, 0) is 25.8 Å². The van der Waals surface area contributed by atoms with Crippen LogP contribution < -0.4 is 5.73 Å². The van der Waals surface area contributed by atoms with Crippen LogP contribution in [-0.2, 0) is 10.0 Å². The van der Waals surface area contributed by atoms with Crippen LogP contribution in [0.4, 0.5) is 5.69 Å². The van der Waals surface area contributed by atoms with Gasteiger partial charge in [-0.1, -0.05) is 0 Å². The second-order valence-corrected chi connectivity index (χ2v) is 9.88. The fourth-order valence-electron chi connectivity index (χ4n) is 3.97. The molecule has 2 aliphatic rings. The standard InChI is InChI=1S/C15H21N5O3S2/c1-7-8(2)17-18-14-11(7)12(16)13(24-14)15(21)19-5-10-4-9(19)6-20(10)25(3,22)23/h9-10,15,21H,4-6,16H2,1-3H3/t9-,10+,15?/m1/s1. The Labute approximate surface area is 150 Å². The van der Waals surface area contributed by atoms with E-state index in [1.54, 1.807) is 0 Å². The Hall–Kier alpha value is -1.33. The van der Waals surface area contributed by atoms with Crippen LogP contribution in [0.1, 0.15) is 28.8 Å². The summed E-state index contributed by atoms with van der Waals surface area (Å²) < 4.78 is 25.2. The Kier molecular flexibility index (Phi) is 3.82. The highest BCUT2D eigenvalue weighted by atomic mass is 32.2. The molecule has 0 aromatic carbocycles. The number of anilines is 1. The van der Waals surface area contributed by atoms with E-state index in [2.05, 4.69) is 10.2 Å². The smallest absolute Gasteiger partial charge is 0.211 e. The van der Waals surface area contributed by atoms with Crippen molar-refractivity contribution in [2.75, 3.05) is 25.1 Å². The minimum absolute atomic E-state index is 0.00764. The molecule has 136 valence electrons. The molecule has 2 saturated heterocycles. The Morgan fingerprint density at radius 3 is 2.60 bits per heavy atom. The van der Waals surface area contributed by atoms with Gasteiger partial charge in [0.05, 0.1) is 22.5 Å². The predicted octanol–water partition coefficient (Wildman–Crippen LogP) is 0.599. The molecule has 2 aromatic heterocycles. The van der Waals surface area contributed by atoms with E-state index in [1.165, 1.54) is 21.9 Å². The highest BCUT2D eigenvalue weighted by Crippen LogP contribution is 2.43. The van der Waals surface area contributed by atoms with E-state index in [-0.39, 0.29) is 12.1 Å². The normalized spacial score (nSPS) is 25.9. The molecule has 4 rings (SSSR count). The van der Waals surface area contributed by atoms with Crippen molar-refractivity contribution in [3.05, 3.63) is 16.1 Å². The number of sulfonamides is 1. The third-order valence-corrected chi connectivity index (χ3v) is 7.80. The van der Waals surface area contributed by atoms with Crippen molar-refractivity contribution in [3.8, 4) is 0 Å². The predicted molar refractivity (Wildman–Crippen MR) is 96.7 cm³/mol. The second kappa shape index (κ2) is 5.58. The summed E-state index contributed by atoms with van der Waals surface area (Å²) in [7, 11) is -3.20. The maximum absolute atomic E-state index is 11.8. The number of nitrogen functional groups attached to an aromatic ring is 1. The number of nitrogens with zero attached hydrogens (tertiary/aromatic N) is 4. The molecular formula is C15H21N5O3S2. The summed E-state index contributed by atoms with van der Waals surface area (Å²) in [5.74, 6) is 0. The van der Waals surface area contributed by atoms with Gasteiger partial charge >= 0.3 is 0 Å². The van der Waals surface area contributed by atoms with Gasteiger partial charge in [0.25, 0.3) is 0 Å². The summed E-state index contributed by atoms with van der Waals surface area (Å²) in [4.78, 5) is 3.33. The number of hydrogen-bond acceptors (Lipinski definition) is 8. The van der Waals surface area contributed by atoms with Crippen LogP contribution in [-0.4, -0.2) is 64.4 Å². The number of aliphatic hydroxyl groups excluding tert-OH is 1. The SMILES string of the molecule is Cc1nnc2sc(C(O)N3C[C@@H]4C[C@@H]3CN4S(C)(=O)=O)c(N)c2c1C. The number of fused-ring (bicyclic) bond motifs is 3. The molecule has 2 aliphatic heterocycles. The molecule has 0 amide bonds. The van der Waals surface area contributed by atoms with Gasteiger partial charge in [-0.25, -0.2) is 8.42 Å².